The van der Waals surface area contributed by atoms with Gasteiger partial charge < -0.3 is 10.1 Å². The highest BCUT2D eigenvalue weighted by molar-refractivity contribution is 6.01. The van der Waals surface area contributed by atoms with Crippen LogP contribution in [0.1, 0.15) is 24.5 Å². The standard InChI is InChI=1S/C32H30N2O3/c1-3-8-24-15-20-28(21-16-24)33-32(36)34(2)29-10-7-9-27(23-29)26-18-13-25(14-19-26)17-22-31(35)37-30-11-5-4-6-12-30/h4-7,9-23H,3,8H2,1-2H3,(H,33,36). The number of nitrogens with one attached hydrogen (secondary N) is 1. The molecule has 0 heterocycles. The van der Waals surface area contributed by atoms with E-state index in [1.54, 1.807) is 30.2 Å². The third-order valence-corrected chi connectivity index (χ3v) is 5.90. The average Bonchev–Trinajstić information content (AvgIpc) is 2.93. The van der Waals surface area contributed by atoms with Gasteiger partial charge in [0.2, 0.25) is 0 Å². The summed E-state index contributed by atoms with van der Waals surface area (Å²) in [5, 5.41) is 2.96. The minimum absolute atomic E-state index is 0.205. The number of nitrogens with zero attached hydrogens (tertiary/aromatic N) is 1. The summed E-state index contributed by atoms with van der Waals surface area (Å²) in [6.45, 7) is 2.15. The van der Waals surface area contributed by atoms with Gasteiger partial charge in [0.05, 0.1) is 0 Å². The van der Waals surface area contributed by atoms with E-state index >= 15 is 0 Å². The number of amides is 2. The van der Waals surface area contributed by atoms with Crippen LogP contribution >= 0.6 is 0 Å². The lowest BCUT2D eigenvalue weighted by molar-refractivity contribution is -0.128. The number of urea groups is 1. The minimum atomic E-state index is -0.429. The van der Waals surface area contributed by atoms with Gasteiger partial charge in [0, 0.05) is 24.5 Å². The lowest BCUT2D eigenvalue weighted by Crippen LogP contribution is -2.31. The van der Waals surface area contributed by atoms with E-state index in [1.807, 2.05) is 91.0 Å². The van der Waals surface area contributed by atoms with Crippen LogP contribution in [0.3, 0.4) is 0 Å². The SMILES string of the molecule is CCCc1ccc(NC(=O)N(C)c2cccc(-c3ccc(C=CC(=O)Oc4ccccc4)cc3)c2)cc1. The van der Waals surface area contributed by atoms with E-state index in [0.29, 0.717) is 5.75 Å². The molecule has 37 heavy (non-hydrogen) atoms. The van der Waals surface area contributed by atoms with Gasteiger partial charge in [-0.1, -0.05) is 80.1 Å². The van der Waals surface area contributed by atoms with Crippen LogP contribution in [0.2, 0.25) is 0 Å². The number of anilines is 2. The summed E-state index contributed by atoms with van der Waals surface area (Å²) in [5.74, 6) is 0.0807. The largest absolute Gasteiger partial charge is 0.423 e. The Morgan fingerprint density at radius 1 is 0.838 bits per heavy atom. The molecule has 0 aliphatic heterocycles. The van der Waals surface area contributed by atoms with Crippen molar-refractivity contribution in [1.82, 2.24) is 0 Å². The summed E-state index contributed by atoms with van der Waals surface area (Å²) in [4.78, 5) is 26.5. The zero-order valence-corrected chi connectivity index (χ0v) is 21.1. The summed E-state index contributed by atoms with van der Waals surface area (Å²) < 4.78 is 5.27. The van der Waals surface area contributed by atoms with Gasteiger partial charge in [-0.05, 0) is 71.1 Å². The molecular formula is C32H30N2O3. The molecule has 186 valence electrons. The smallest absolute Gasteiger partial charge is 0.336 e. The van der Waals surface area contributed by atoms with Crippen LogP contribution < -0.4 is 15.0 Å². The van der Waals surface area contributed by atoms with Gasteiger partial charge in [0.1, 0.15) is 5.75 Å². The van der Waals surface area contributed by atoms with Crippen molar-refractivity contribution < 1.29 is 14.3 Å². The van der Waals surface area contributed by atoms with Crippen molar-refractivity contribution in [3.05, 3.63) is 120 Å². The molecule has 0 saturated heterocycles. The van der Waals surface area contributed by atoms with Crippen molar-refractivity contribution in [1.29, 1.82) is 0 Å². The summed E-state index contributed by atoms with van der Waals surface area (Å²) in [6, 6.07) is 32.4. The monoisotopic (exact) mass is 490 g/mol. The Kier molecular flexibility index (Phi) is 8.50. The molecule has 5 heteroatoms. The van der Waals surface area contributed by atoms with Gasteiger partial charge in [-0.2, -0.15) is 0 Å². The molecule has 1 N–H and O–H groups in total. The van der Waals surface area contributed by atoms with Gasteiger partial charge in [-0.25, -0.2) is 9.59 Å². The Balaban J connectivity index is 1.38. The van der Waals surface area contributed by atoms with Crippen LogP contribution in [0, 0.1) is 0 Å². The molecular weight excluding hydrogens is 460 g/mol. The fraction of sp³-hybridized carbons (Fsp3) is 0.125. The number of ether oxygens (including phenoxy) is 1. The number of benzene rings is 4. The maximum Gasteiger partial charge on any atom is 0.336 e. The Labute approximate surface area is 218 Å². The molecule has 0 aliphatic carbocycles. The Morgan fingerprint density at radius 3 is 2.27 bits per heavy atom. The Bertz CT molecular complexity index is 1360. The molecule has 4 rings (SSSR count). The second kappa shape index (κ2) is 12.4. The summed E-state index contributed by atoms with van der Waals surface area (Å²) >= 11 is 0. The van der Waals surface area contributed by atoms with Crippen molar-refractivity contribution >= 4 is 29.5 Å². The van der Waals surface area contributed by atoms with E-state index in [0.717, 1.165) is 40.9 Å². The second-order valence-electron chi connectivity index (χ2n) is 8.68. The molecule has 0 fully saturated rings. The lowest BCUT2D eigenvalue weighted by atomic mass is 10.0. The molecule has 4 aromatic rings. The molecule has 0 unspecified atom stereocenters. The van der Waals surface area contributed by atoms with E-state index in [4.69, 9.17) is 4.74 Å². The van der Waals surface area contributed by atoms with Crippen molar-refractivity contribution in [2.24, 2.45) is 0 Å². The number of carbonyl (C=O) groups is 2. The van der Waals surface area contributed by atoms with Gasteiger partial charge in [0.15, 0.2) is 0 Å². The lowest BCUT2D eigenvalue weighted by Gasteiger charge is -2.19. The van der Waals surface area contributed by atoms with Crippen LogP contribution in [0.4, 0.5) is 16.2 Å². The summed E-state index contributed by atoms with van der Waals surface area (Å²) in [7, 11) is 1.75. The van der Waals surface area contributed by atoms with Gasteiger partial charge in [0.25, 0.3) is 0 Å². The molecule has 0 atom stereocenters. The predicted octanol–water partition coefficient (Wildman–Crippen LogP) is 7.59. The van der Waals surface area contributed by atoms with E-state index in [9.17, 15) is 9.59 Å². The van der Waals surface area contributed by atoms with Gasteiger partial charge in [-0.15, -0.1) is 0 Å². The Morgan fingerprint density at radius 2 is 1.57 bits per heavy atom. The first-order valence-electron chi connectivity index (χ1n) is 12.3. The fourth-order valence-corrected chi connectivity index (χ4v) is 3.85. The maximum atomic E-state index is 12.8. The normalized spacial score (nSPS) is 10.8. The highest BCUT2D eigenvalue weighted by Gasteiger charge is 2.12. The Hall–Kier alpha value is -4.64. The number of hydrogen-bond acceptors (Lipinski definition) is 3. The number of esters is 1. The molecule has 4 aromatic carbocycles. The minimum Gasteiger partial charge on any atom is -0.423 e. The van der Waals surface area contributed by atoms with Crippen molar-refractivity contribution in [2.45, 2.75) is 19.8 Å². The third-order valence-electron chi connectivity index (χ3n) is 5.90. The summed E-state index contributed by atoms with van der Waals surface area (Å²) in [5.41, 5.74) is 5.68. The first-order valence-corrected chi connectivity index (χ1v) is 12.3. The number of hydrogen-bond donors (Lipinski definition) is 1. The van der Waals surface area contributed by atoms with Crippen LogP contribution in [-0.4, -0.2) is 19.0 Å². The molecule has 0 bridgehead atoms. The van der Waals surface area contributed by atoms with E-state index in [2.05, 4.69) is 12.2 Å². The van der Waals surface area contributed by atoms with E-state index in [-0.39, 0.29) is 6.03 Å². The average molecular weight is 491 g/mol. The van der Waals surface area contributed by atoms with Gasteiger partial charge in [-0.3, -0.25) is 4.90 Å². The van der Waals surface area contributed by atoms with E-state index < -0.39 is 5.97 Å². The van der Waals surface area contributed by atoms with E-state index in [1.165, 1.54) is 11.6 Å². The number of aryl methyl sites for hydroxylation is 1. The molecule has 5 nitrogen and oxygen atoms in total. The second-order valence-corrected chi connectivity index (χ2v) is 8.68. The quantitative estimate of drug-likeness (QED) is 0.157. The van der Waals surface area contributed by atoms with Crippen LogP contribution in [0.25, 0.3) is 17.2 Å². The van der Waals surface area contributed by atoms with Crippen molar-refractivity contribution in [3.63, 3.8) is 0 Å². The van der Waals surface area contributed by atoms with Gasteiger partial charge >= 0.3 is 12.0 Å². The highest BCUT2D eigenvalue weighted by atomic mass is 16.5. The van der Waals surface area contributed by atoms with Crippen molar-refractivity contribution in [2.75, 3.05) is 17.3 Å². The zero-order valence-electron chi connectivity index (χ0n) is 21.1. The topological polar surface area (TPSA) is 58.6 Å². The molecule has 0 aliphatic rings. The maximum absolute atomic E-state index is 12.8. The van der Waals surface area contributed by atoms with Crippen molar-refractivity contribution in [3.8, 4) is 16.9 Å². The molecule has 0 saturated carbocycles. The fourth-order valence-electron chi connectivity index (χ4n) is 3.85. The highest BCUT2D eigenvalue weighted by Crippen LogP contribution is 2.25. The molecule has 0 aromatic heterocycles. The van der Waals surface area contributed by atoms with Crippen LogP contribution in [0.5, 0.6) is 5.75 Å². The number of carbonyl (C=O) groups excluding carboxylic acids is 2. The molecule has 2 amide bonds. The number of para-hydroxylation sites is 1. The predicted molar refractivity (Wildman–Crippen MR) is 151 cm³/mol. The zero-order chi connectivity index (χ0) is 26.0. The summed E-state index contributed by atoms with van der Waals surface area (Å²) in [6.07, 6.45) is 5.25. The van der Waals surface area contributed by atoms with Crippen LogP contribution in [0.15, 0.2) is 109 Å². The first-order chi connectivity index (χ1) is 18.0. The first kappa shape index (κ1) is 25.5. The molecule has 0 spiro atoms. The molecule has 0 radical (unpaired) electrons. The van der Waals surface area contributed by atoms with Crippen LogP contribution in [-0.2, 0) is 11.2 Å². The third kappa shape index (κ3) is 7.18. The number of rotatable bonds is 8.